The number of nitrogen functional groups attached to an aromatic ring is 1. The number of nitrogens with two attached hydrogens (primary N) is 1. The predicted octanol–water partition coefficient (Wildman–Crippen LogP) is 2.97. The molecular formula is C10H8BrClN4O. The smallest absolute Gasteiger partial charge is 0.224 e. The monoisotopic (exact) mass is 314 g/mol. The van der Waals surface area contributed by atoms with Crippen LogP contribution in [0.3, 0.4) is 0 Å². The molecule has 0 saturated heterocycles. The highest BCUT2D eigenvalue weighted by molar-refractivity contribution is 9.10. The standard InChI is InChI=1S/C10H8BrClN4O/c11-6-1-2-7(12)8(3-6)17-10-4-9(16-13)14-5-15-10/h1-5H,13H2,(H,14,15,16). The molecule has 1 heterocycles. The molecule has 0 fully saturated rings. The Hall–Kier alpha value is -1.37. The van der Waals surface area contributed by atoms with E-state index in [2.05, 4.69) is 31.3 Å². The predicted molar refractivity (Wildman–Crippen MR) is 69.1 cm³/mol. The molecule has 0 aliphatic heterocycles. The fraction of sp³-hybridized carbons (Fsp3) is 0. The van der Waals surface area contributed by atoms with Crippen LogP contribution in [-0.2, 0) is 0 Å². The molecule has 1 aromatic heterocycles. The van der Waals surface area contributed by atoms with Crippen LogP contribution in [0.25, 0.3) is 0 Å². The summed E-state index contributed by atoms with van der Waals surface area (Å²) in [6.45, 7) is 0. The largest absolute Gasteiger partial charge is 0.437 e. The fourth-order valence-electron chi connectivity index (χ4n) is 1.14. The van der Waals surface area contributed by atoms with Crippen LogP contribution in [0.1, 0.15) is 0 Å². The second kappa shape index (κ2) is 5.31. The minimum atomic E-state index is 0.355. The van der Waals surface area contributed by atoms with Crippen LogP contribution >= 0.6 is 27.5 Å². The minimum absolute atomic E-state index is 0.355. The Bertz CT molecular complexity index is 537. The zero-order chi connectivity index (χ0) is 12.3. The lowest BCUT2D eigenvalue weighted by Crippen LogP contribution is -2.08. The number of halogens is 2. The van der Waals surface area contributed by atoms with Crippen molar-refractivity contribution in [1.29, 1.82) is 0 Å². The lowest BCUT2D eigenvalue weighted by molar-refractivity contribution is 0.462. The summed E-state index contributed by atoms with van der Waals surface area (Å²) in [7, 11) is 0. The van der Waals surface area contributed by atoms with E-state index in [4.69, 9.17) is 22.2 Å². The van der Waals surface area contributed by atoms with E-state index in [0.29, 0.717) is 22.5 Å². The summed E-state index contributed by atoms with van der Waals surface area (Å²) in [5.74, 6) is 6.55. The molecule has 0 spiro atoms. The molecule has 0 saturated carbocycles. The molecule has 0 radical (unpaired) electrons. The van der Waals surface area contributed by atoms with Crippen LogP contribution < -0.4 is 16.0 Å². The molecule has 88 valence electrons. The van der Waals surface area contributed by atoms with Gasteiger partial charge in [-0.1, -0.05) is 27.5 Å². The highest BCUT2D eigenvalue weighted by Crippen LogP contribution is 2.31. The Labute approximate surface area is 111 Å². The molecule has 0 aliphatic carbocycles. The first-order valence-electron chi connectivity index (χ1n) is 4.60. The summed E-state index contributed by atoms with van der Waals surface area (Å²) in [6, 6.07) is 6.86. The van der Waals surface area contributed by atoms with Crippen LogP contribution in [0, 0.1) is 0 Å². The SMILES string of the molecule is NNc1cc(Oc2cc(Br)ccc2Cl)ncn1. The zero-order valence-corrected chi connectivity index (χ0v) is 10.9. The van der Waals surface area contributed by atoms with Gasteiger partial charge in [0.2, 0.25) is 5.88 Å². The topological polar surface area (TPSA) is 73.1 Å². The third-order valence-corrected chi connectivity index (χ3v) is 2.70. The van der Waals surface area contributed by atoms with Crippen molar-refractivity contribution < 1.29 is 4.74 Å². The maximum absolute atomic E-state index is 5.99. The molecule has 3 N–H and O–H groups in total. The van der Waals surface area contributed by atoms with Gasteiger partial charge in [0.05, 0.1) is 5.02 Å². The van der Waals surface area contributed by atoms with E-state index >= 15 is 0 Å². The van der Waals surface area contributed by atoms with E-state index in [0.717, 1.165) is 4.47 Å². The van der Waals surface area contributed by atoms with Gasteiger partial charge in [-0.05, 0) is 18.2 Å². The Kier molecular flexibility index (Phi) is 3.78. The summed E-state index contributed by atoms with van der Waals surface area (Å²) in [6.07, 6.45) is 1.34. The first kappa shape index (κ1) is 12.1. The van der Waals surface area contributed by atoms with Crippen molar-refractivity contribution in [3.05, 3.63) is 40.1 Å². The molecule has 1 aromatic carbocycles. The zero-order valence-electron chi connectivity index (χ0n) is 8.52. The number of benzene rings is 1. The van der Waals surface area contributed by atoms with Crippen LogP contribution in [0.4, 0.5) is 5.82 Å². The van der Waals surface area contributed by atoms with E-state index in [1.165, 1.54) is 6.33 Å². The highest BCUT2D eigenvalue weighted by Gasteiger charge is 2.05. The van der Waals surface area contributed by atoms with Crippen LogP contribution in [0.2, 0.25) is 5.02 Å². The molecule has 0 amide bonds. The Morgan fingerprint density at radius 3 is 2.88 bits per heavy atom. The van der Waals surface area contributed by atoms with Gasteiger partial charge in [-0.3, -0.25) is 0 Å². The van der Waals surface area contributed by atoms with Gasteiger partial charge < -0.3 is 10.2 Å². The first-order chi connectivity index (χ1) is 8.19. The highest BCUT2D eigenvalue weighted by atomic mass is 79.9. The van der Waals surface area contributed by atoms with Gasteiger partial charge in [-0.2, -0.15) is 0 Å². The average molecular weight is 316 g/mol. The van der Waals surface area contributed by atoms with E-state index in [9.17, 15) is 0 Å². The maximum atomic E-state index is 5.99. The molecule has 5 nitrogen and oxygen atoms in total. The van der Waals surface area contributed by atoms with Gasteiger partial charge in [0.1, 0.15) is 17.9 Å². The summed E-state index contributed by atoms with van der Waals surface area (Å²) in [4.78, 5) is 7.82. The summed E-state index contributed by atoms with van der Waals surface area (Å²) in [5, 5.41) is 0.495. The van der Waals surface area contributed by atoms with Crippen LogP contribution in [0.5, 0.6) is 11.6 Å². The molecule has 0 unspecified atom stereocenters. The number of nitrogens with zero attached hydrogens (tertiary/aromatic N) is 2. The molecule has 0 aliphatic rings. The van der Waals surface area contributed by atoms with Gasteiger partial charge in [-0.15, -0.1) is 0 Å². The molecule has 0 atom stereocenters. The maximum Gasteiger partial charge on any atom is 0.224 e. The van der Waals surface area contributed by atoms with Crippen molar-refractivity contribution in [2.24, 2.45) is 5.84 Å². The normalized spacial score (nSPS) is 10.1. The molecule has 0 bridgehead atoms. The second-order valence-corrected chi connectivity index (χ2v) is 4.39. The van der Waals surface area contributed by atoms with Crippen LogP contribution in [0.15, 0.2) is 35.1 Å². The van der Waals surface area contributed by atoms with Crippen molar-refractivity contribution in [2.45, 2.75) is 0 Å². The number of hydrazine groups is 1. The second-order valence-electron chi connectivity index (χ2n) is 3.06. The number of hydrogen-bond donors (Lipinski definition) is 2. The van der Waals surface area contributed by atoms with E-state index in [1.807, 2.05) is 6.07 Å². The van der Waals surface area contributed by atoms with Gasteiger partial charge in [0.25, 0.3) is 0 Å². The van der Waals surface area contributed by atoms with Gasteiger partial charge in [0, 0.05) is 10.5 Å². The third-order valence-electron chi connectivity index (χ3n) is 1.90. The number of aromatic nitrogens is 2. The van der Waals surface area contributed by atoms with Crippen molar-refractivity contribution in [2.75, 3.05) is 5.43 Å². The van der Waals surface area contributed by atoms with E-state index < -0.39 is 0 Å². The van der Waals surface area contributed by atoms with Crippen LogP contribution in [-0.4, -0.2) is 9.97 Å². The Morgan fingerprint density at radius 1 is 1.29 bits per heavy atom. The third kappa shape index (κ3) is 3.06. The lowest BCUT2D eigenvalue weighted by atomic mass is 10.3. The Balaban J connectivity index is 2.27. The minimum Gasteiger partial charge on any atom is -0.437 e. The molecule has 7 heteroatoms. The van der Waals surface area contributed by atoms with Crippen molar-refractivity contribution in [1.82, 2.24) is 9.97 Å². The molecule has 17 heavy (non-hydrogen) atoms. The van der Waals surface area contributed by atoms with Crippen molar-refractivity contribution in [3.8, 4) is 11.6 Å². The van der Waals surface area contributed by atoms with E-state index in [1.54, 1.807) is 18.2 Å². The van der Waals surface area contributed by atoms with Crippen molar-refractivity contribution >= 4 is 33.3 Å². The van der Waals surface area contributed by atoms with Crippen molar-refractivity contribution in [3.63, 3.8) is 0 Å². The first-order valence-corrected chi connectivity index (χ1v) is 5.77. The summed E-state index contributed by atoms with van der Waals surface area (Å²) < 4.78 is 6.39. The molecule has 2 rings (SSSR count). The fourth-order valence-corrected chi connectivity index (χ4v) is 1.64. The number of ether oxygens (including phenoxy) is 1. The summed E-state index contributed by atoms with van der Waals surface area (Å²) >= 11 is 9.32. The average Bonchev–Trinajstić information content (AvgIpc) is 2.34. The van der Waals surface area contributed by atoms with Gasteiger partial charge in [0.15, 0.2) is 0 Å². The quantitative estimate of drug-likeness (QED) is 0.673. The number of anilines is 1. The molecular weight excluding hydrogens is 307 g/mol. The number of nitrogens with one attached hydrogen (secondary N) is 1. The summed E-state index contributed by atoms with van der Waals surface area (Å²) in [5.41, 5.74) is 2.41. The Morgan fingerprint density at radius 2 is 2.12 bits per heavy atom. The van der Waals surface area contributed by atoms with E-state index in [-0.39, 0.29) is 0 Å². The van der Waals surface area contributed by atoms with Gasteiger partial charge in [-0.25, -0.2) is 15.8 Å². The number of rotatable bonds is 3. The molecule has 2 aromatic rings. The lowest BCUT2D eigenvalue weighted by Gasteiger charge is -2.07. The van der Waals surface area contributed by atoms with Gasteiger partial charge >= 0.3 is 0 Å². The number of hydrogen-bond acceptors (Lipinski definition) is 5.